The second-order valence-electron chi connectivity index (χ2n) is 3.50. The highest BCUT2D eigenvalue weighted by atomic mass is 32.2. The fourth-order valence-electron chi connectivity index (χ4n) is 1.02. The molecular weight excluding hydrogens is 282 g/mol. The molecule has 0 amide bonds. The van der Waals surface area contributed by atoms with Crippen LogP contribution < -0.4 is 4.72 Å². The number of hydrogen-bond acceptors (Lipinski definition) is 7. The van der Waals surface area contributed by atoms with E-state index in [1.54, 1.807) is 4.72 Å². The molecule has 0 aliphatic carbocycles. The molecule has 2 atom stereocenters. The third kappa shape index (κ3) is 5.22. The zero-order chi connectivity index (χ0) is 15.2. The molecule has 0 aliphatic rings. The summed E-state index contributed by atoms with van der Waals surface area (Å²) in [5, 5.41) is 7.21. The lowest BCUT2D eigenvalue weighted by Gasteiger charge is -2.16. The smallest absolute Gasteiger partial charge is 0.325 e. The van der Waals surface area contributed by atoms with Crippen molar-refractivity contribution in [2.24, 2.45) is 0 Å². The Bertz CT molecular complexity index is 457. The molecule has 1 unspecified atom stereocenters. The van der Waals surface area contributed by atoms with Crippen LogP contribution in [0.2, 0.25) is 0 Å². The van der Waals surface area contributed by atoms with E-state index < -0.39 is 45.6 Å². The van der Waals surface area contributed by atoms with Crippen LogP contribution in [0.3, 0.4) is 0 Å². The Labute approximate surface area is 109 Å². The fraction of sp³-hybridized carbons (Fsp3) is 0.667. The maximum Gasteiger partial charge on any atom is 0.325 e. The molecule has 0 aromatic heterocycles. The minimum absolute atomic E-state index is 0.695. The average molecular weight is 297 g/mol. The van der Waals surface area contributed by atoms with E-state index in [4.69, 9.17) is 5.11 Å². The molecule has 0 aromatic rings. The number of aliphatic carboxylic acids is 1. The van der Waals surface area contributed by atoms with E-state index >= 15 is 0 Å². The first-order valence-corrected chi connectivity index (χ1v) is 6.59. The van der Waals surface area contributed by atoms with E-state index in [9.17, 15) is 22.8 Å². The lowest BCUT2D eigenvalue weighted by Crippen LogP contribution is -2.47. The first kappa shape index (κ1) is 17.3. The minimum atomic E-state index is -4.28. The van der Waals surface area contributed by atoms with Crippen molar-refractivity contribution in [3.8, 4) is 0 Å². The van der Waals surface area contributed by atoms with Gasteiger partial charge in [-0.15, -0.1) is 0 Å². The van der Waals surface area contributed by atoms with Crippen LogP contribution in [0.4, 0.5) is 0 Å². The van der Waals surface area contributed by atoms with Gasteiger partial charge in [0.05, 0.1) is 20.6 Å². The number of carbonyl (C=O) groups is 3. The van der Waals surface area contributed by atoms with Gasteiger partial charge in [0.1, 0.15) is 6.04 Å². The normalized spacial score (nSPS) is 14.3. The van der Waals surface area contributed by atoms with Gasteiger partial charge < -0.3 is 14.6 Å². The number of methoxy groups -OCH3 is 2. The molecule has 10 heteroatoms. The van der Waals surface area contributed by atoms with Crippen LogP contribution in [-0.4, -0.2) is 56.9 Å². The van der Waals surface area contributed by atoms with Crippen molar-refractivity contribution in [1.82, 2.24) is 4.72 Å². The lowest BCUT2D eigenvalue weighted by molar-refractivity contribution is -0.147. The molecule has 2 N–H and O–H groups in total. The number of ether oxygens (including phenoxy) is 2. The maximum absolute atomic E-state index is 11.7. The van der Waals surface area contributed by atoms with E-state index in [2.05, 4.69) is 9.47 Å². The highest BCUT2D eigenvalue weighted by molar-refractivity contribution is 7.90. The monoisotopic (exact) mass is 297 g/mol. The van der Waals surface area contributed by atoms with Gasteiger partial charge in [0.15, 0.2) is 5.25 Å². The van der Waals surface area contributed by atoms with Crippen LogP contribution in [0, 0.1) is 0 Å². The summed E-state index contributed by atoms with van der Waals surface area (Å²) >= 11 is 0. The molecule has 0 fully saturated rings. The predicted molar refractivity (Wildman–Crippen MR) is 61.6 cm³/mol. The van der Waals surface area contributed by atoms with E-state index in [-0.39, 0.29) is 0 Å². The average Bonchev–Trinajstić information content (AvgIpc) is 2.35. The molecule has 0 bridgehead atoms. The Morgan fingerprint density at radius 3 is 2.11 bits per heavy atom. The molecule has 0 saturated heterocycles. The molecule has 0 saturated carbocycles. The summed E-state index contributed by atoms with van der Waals surface area (Å²) < 4.78 is 33.6. The molecular formula is C9H15NO8S. The van der Waals surface area contributed by atoms with Crippen LogP contribution in [0.5, 0.6) is 0 Å². The molecule has 0 heterocycles. The Kier molecular flexibility index (Phi) is 6.42. The van der Waals surface area contributed by atoms with Crippen molar-refractivity contribution in [1.29, 1.82) is 0 Å². The number of rotatable bonds is 7. The Balaban J connectivity index is 4.98. The Hall–Kier alpha value is -1.68. The van der Waals surface area contributed by atoms with Gasteiger partial charge in [-0.05, 0) is 6.92 Å². The van der Waals surface area contributed by atoms with Crippen molar-refractivity contribution in [2.45, 2.75) is 24.6 Å². The molecule has 0 aromatic carbocycles. The van der Waals surface area contributed by atoms with Crippen LogP contribution in [0.1, 0.15) is 13.3 Å². The summed E-state index contributed by atoms with van der Waals surface area (Å²) in [7, 11) is -2.25. The van der Waals surface area contributed by atoms with Crippen molar-refractivity contribution >= 4 is 27.9 Å². The quantitative estimate of drug-likeness (QED) is 0.541. The van der Waals surface area contributed by atoms with Gasteiger partial charge in [-0.3, -0.25) is 14.4 Å². The summed E-state index contributed by atoms with van der Waals surface area (Å²) in [6.45, 7) is 1.03. The standard InChI is InChI=1S/C9H15NO8S/c1-5(9(14)18-3)19(15,16)10-6(8(12)13)4-7(11)17-2/h5-6,10H,4H2,1-3H3,(H,12,13)/t5?,6-/m0/s1. The number of carboxylic acid groups (broad SMARTS) is 1. The third-order valence-corrected chi connectivity index (χ3v) is 3.94. The van der Waals surface area contributed by atoms with Crippen molar-refractivity contribution in [3.05, 3.63) is 0 Å². The van der Waals surface area contributed by atoms with Gasteiger partial charge in [0.25, 0.3) is 0 Å². The molecule has 9 nitrogen and oxygen atoms in total. The van der Waals surface area contributed by atoms with Gasteiger partial charge in [0.2, 0.25) is 10.0 Å². The maximum atomic E-state index is 11.7. The number of hydrogen-bond donors (Lipinski definition) is 2. The summed E-state index contributed by atoms with van der Waals surface area (Å²) in [5.41, 5.74) is 0. The predicted octanol–water partition coefficient (Wildman–Crippen LogP) is -1.52. The van der Waals surface area contributed by atoms with Crippen LogP contribution in [0.25, 0.3) is 0 Å². The van der Waals surface area contributed by atoms with Gasteiger partial charge in [-0.25, -0.2) is 8.42 Å². The minimum Gasteiger partial charge on any atom is -0.480 e. The lowest BCUT2D eigenvalue weighted by atomic mass is 10.2. The highest BCUT2D eigenvalue weighted by Gasteiger charge is 2.34. The van der Waals surface area contributed by atoms with E-state index in [0.29, 0.717) is 0 Å². The molecule has 19 heavy (non-hydrogen) atoms. The zero-order valence-corrected chi connectivity index (χ0v) is 11.4. The van der Waals surface area contributed by atoms with Gasteiger partial charge in [0, 0.05) is 0 Å². The second-order valence-corrected chi connectivity index (χ2v) is 5.53. The summed E-state index contributed by atoms with van der Waals surface area (Å²) in [5.74, 6) is -3.51. The number of carboxylic acids is 1. The zero-order valence-electron chi connectivity index (χ0n) is 10.6. The summed E-state index contributed by atoms with van der Waals surface area (Å²) in [4.78, 5) is 32.9. The molecule has 0 spiro atoms. The van der Waals surface area contributed by atoms with Crippen LogP contribution in [-0.2, 0) is 33.9 Å². The number of esters is 2. The van der Waals surface area contributed by atoms with Gasteiger partial charge in [-0.2, -0.15) is 4.72 Å². The van der Waals surface area contributed by atoms with Crippen molar-refractivity contribution < 1.29 is 37.4 Å². The number of sulfonamides is 1. The molecule has 110 valence electrons. The first-order chi connectivity index (χ1) is 8.65. The van der Waals surface area contributed by atoms with E-state index in [0.717, 1.165) is 21.1 Å². The highest BCUT2D eigenvalue weighted by Crippen LogP contribution is 2.05. The molecule has 0 radical (unpaired) electrons. The Morgan fingerprint density at radius 2 is 1.74 bits per heavy atom. The largest absolute Gasteiger partial charge is 0.480 e. The molecule has 0 rings (SSSR count). The van der Waals surface area contributed by atoms with Gasteiger partial charge in [-0.1, -0.05) is 0 Å². The topological polar surface area (TPSA) is 136 Å². The van der Waals surface area contributed by atoms with Crippen molar-refractivity contribution in [2.75, 3.05) is 14.2 Å². The number of carbonyl (C=O) groups excluding carboxylic acids is 2. The van der Waals surface area contributed by atoms with E-state index in [1.165, 1.54) is 0 Å². The molecule has 0 aliphatic heterocycles. The third-order valence-electron chi connectivity index (χ3n) is 2.20. The Morgan fingerprint density at radius 1 is 1.21 bits per heavy atom. The van der Waals surface area contributed by atoms with E-state index in [1.807, 2.05) is 0 Å². The fourth-order valence-corrected chi connectivity index (χ4v) is 2.16. The number of nitrogens with one attached hydrogen (secondary N) is 1. The first-order valence-electron chi connectivity index (χ1n) is 5.04. The second kappa shape index (κ2) is 7.04. The summed E-state index contributed by atoms with van der Waals surface area (Å²) in [6.07, 6.45) is -0.695. The summed E-state index contributed by atoms with van der Waals surface area (Å²) in [6, 6.07) is -1.72. The van der Waals surface area contributed by atoms with Crippen molar-refractivity contribution in [3.63, 3.8) is 0 Å². The van der Waals surface area contributed by atoms with Crippen LogP contribution >= 0.6 is 0 Å². The SMILES string of the molecule is COC(=O)C[C@H](NS(=O)(=O)C(C)C(=O)OC)C(=O)O. The van der Waals surface area contributed by atoms with Crippen LogP contribution in [0.15, 0.2) is 0 Å². The van der Waals surface area contributed by atoms with Gasteiger partial charge >= 0.3 is 17.9 Å².